The van der Waals surface area contributed by atoms with Gasteiger partial charge in [0, 0.05) is 17.0 Å². The second kappa shape index (κ2) is 9.50. The highest BCUT2D eigenvalue weighted by Crippen LogP contribution is 2.40. The van der Waals surface area contributed by atoms with Gasteiger partial charge >= 0.3 is 0 Å². The zero-order chi connectivity index (χ0) is 20.1. The summed E-state index contributed by atoms with van der Waals surface area (Å²) in [5, 5.41) is 10.7. The van der Waals surface area contributed by atoms with Crippen molar-refractivity contribution >= 4 is 0 Å². The van der Waals surface area contributed by atoms with E-state index < -0.39 is 6.10 Å². The van der Waals surface area contributed by atoms with Crippen LogP contribution in [0.3, 0.4) is 0 Å². The molecule has 148 valence electrons. The lowest BCUT2D eigenvalue weighted by Crippen LogP contribution is -2.14. The van der Waals surface area contributed by atoms with Gasteiger partial charge in [0.2, 0.25) is 0 Å². The van der Waals surface area contributed by atoms with Crippen molar-refractivity contribution in [3.05, 3.63) is 52.3 Å². The van der Waals surface area contributed by atoms with E-state index in [9.17, 15) is 5.11 Å². The van der Waals surface area contributed by atoms with Crippen LogP contribution in [0.15, 0.2) is 24.3 Å². The molecule has 1 atom stereocenters. The fourth-order valence-corrected chi connectivity index (χ4v) is 3.87. The average molecular weight is 368 g/mol. The lowest BCUT2D eigenvalue weighted by Gasteiger charge is -2.26. The van der Waals surface area contributed by atoms with Gasteiger partial charge in [0.1, 0.15) is 0 Å². The van der Waals surface area contributed by atoms with E-state index in [1.165, 1.54) is 40.8 Å². The van der Waals surface area contributed by atoms with Crippen molar-refractivity contribution in [1.29, 1.82) is 0 Å². The molecule has 1 unspecified atom stereocenters. The van der Waals surface area contributed by atoms with Crippen LogP contribution in [0.25, 0.3) is 11.1 Å². The van der Waals surface area contributed by atoms with Crippen LogP contribution in [-0.4, -0.2) is 10.1 Å². The highest BCUT2D eigenvalue weighted by atomic mass is 16.3. The van der Waals surface area contributed by atoms with Crippen molar-refractivity contribution in [3.63, 3.8) is 0 Å². The van der Waals surface area contributed by atoms with Crippen LogP contribution in [0.5, 0.6) is 0 Å². The van der Waals surface area contributed by atoms with Crippen LogP contribution in [-0.2, 0) is 6.42 Å². The number of unbranched alkanes of at least 4 members (excludes halogenated alkanes) is 2. The molecule has 2 aromatic rings. The van der Waals surface area contributed by atoms with Crippen molar-refractivity contribution in [1.82, 2.24) is 4.98 Å². The van der Waals surface area contributed by atoms with Gasteiger partial charge in [-0.25, -0.2) is 0 Å². The summed E-state index contributed by atoms with van der Waals surface area (Å²) in [6.45, 7) is 15.1. The molecule has 0 aliphatic carbocycles. The Morgan fingerprint density at radius 3 is 1.96 bits per heavy atom. The monoisotopic (exact) mass is 367 g/mol. The van der Waals surface area contributed by atoms with E-state index in [0.717, 1.165) is 24.1 Å². The smallest absolute Gasteiger partial charge is 0.0785 e. The Kier molecular flexibility index (Phi) is 7.61. The minimum absolute atomic E-state index is 0.279. The molecule has 27 heavy (non-hydrogen) atoms. The summed E-state index contributed by atoms with van der Waals surface area (Å²) in [4.78, 5) is 5.12. The van der Waals surface area contributed by atoms with Gasteiger partial charge in [0.25, 0.3) is 0 Å². The van der Waals surface area contributed by atoms with Crippen molar-refractivity contribution in [2.45, 2.75) is 92.1 Å². The number of hydrogen-bond acceptors (Lipinski definition) is 2. The zero-order valence-corrected chi connectivity index (χ0v) is 18.3. The maximum atomic E-state index is 10.7. The Hall–Kier alpha value is -1.67. The Bertz CT molecular complexity index is 742. The maximum Gasteiger partial charge on any atom is 0.0785 e. The van der Waals surface area contributed by atoms with E-state index in [1.807, 2.05) is 6.92 Å². The van der Waals surface area contributed by atoms with Gasteiger partial charge in [-0.3, -0.25) is 4.98 Å². The number of aryl methyl sites for hydroxylation is 1. The molecule has 1 aromatic carbocycles. The second-order valence-corrected chi connectivity index (χ2v) is 8.46. The molecular formula is C25H37NO. The SMILES string of the molecule is CCCCCc1c(C(C)C)nc(C(C)C)c(C(C)O)c1-c1ccc(C)cc1. The summed E-state index contributed by atoms with van der Waals surface area (Å²) in [5.41, 5.74) is 8.29. The third-order valence-electron chi connectivity index (χ3n) is 5.28. The highest BCUT2D eigenvalue weighted by Gasteiger charge is 2.25. The number of aromatic nitrogens is 1. The minimum atomic E-state index is -0.530. The Morgan fingerprint density at radius 2 is 1.48 bits per heavy atom. The van der Waals surface area contributed by atoms with Gasteiger partial charge in [-0.05, 0) is 55.2 Å². The summed E-state index contributed by atoms with van der Waals surface area (Å²) < 4.78 is 0. The maximum absolute atomic E-state index is 10.7. The standard InChI is InChI=1S/C25H37NO/c1-8-9-10-11-21-23(20-14-12-18(6)13-15-20)22(19(7)27)25(17(4)5)26-24(21)16(2)3/h12-17,19,27H,8-11H2,1-7H3. The van der Waals surface area contributed by atoms with Gasteiger partial charge in [-0.15, -0.1) is 0 Å². The molecular weight excluding hydrogens is 330 g/mol. The Balaban J connectivity index is 2.84. The fourth-order valence-electron chi connectivity index (χ4n) is 3.87. The summed E-state index contributed by atoms with van der Waals surface area (Å²) in [6, 6.07) is 8.74. The lowest BCUT2D eigenvalue weighted by atomic mass is 9.83. The van der Waals surface area contributed by atoms with Crippen LogP contribution in [0.4, 0.5) is 0 Å². The number of pyridine rings is 1. The average Bonchev–Trinajstić information content (AvgIpc) is 2.61. The number of hydrogen-bond donors (Lipinski definition) is 1. The normalized spacial score (nSPS) is 12.8. The molecule has 0 saturated carbocycles. The first-order chi connectivity index (χ1) is 12.8. The fraction of sp³-hybridized carbons (Fsp3) is 0.560. The van der Waals surface area contributed by atoms with Crippen LogP contribution < -0.4 is 0 Å². The molecule has 0 saturated heterocycles. The third kappa shape index (κ3) is 4.99. The first-order valence-corrected chi connectivity index (χ1v) is 10.6. The Labute approximate surface area is 166 Å². The predicted octanol–water partition coefficient (Wildman–Crippen LogP) is 7.09. The number of rotatable bonds is 8. The first-order valence-electron chi connectivity index (χ1n) is 10.6. The summed E-state index contributed by atoms with van der Waals surface area (Å²) >= 11 is 0. The van der Waals surface area contributed by atoms with Gasteiger partial charge < -0.3 is 5.11 Å². The molecule has 0 amide bonds. The van der Waals surface area contributed by atoms with Crippen LogP contribution >= 0.6 is 0 Å². The number of benzene rings is 1. The molecule has 0 aliphatic heterocycles. The lowest BCUT2D eigenvalue weighted by molar-refractivity contribution is 0.197. The molecule has 0 aliphatic rings. The molecule has 1 N–H and O–H groups in total. The first kappa shape index (κ1) is 21.6. The molecule has 1 aromatic heterocycles. The summed E-state index contributed by atoms with van der Waals surface area (Å²) in [7, 11) is 0. The Morgan fingerprint density at radius 1 is 0.889 bits per heavy atom. The third-order valence-corrected chi connectivity index (χ3v) is 5.28. The molecule has 2 nitrogen and oxygen atoms in total. The van der Waals surface area contributed by atoms with E-state index in [4.69, 9.17) is 4.98 Å². The van der Waals surface area contributed by atoms with Crippen molar-refractivity contribution < 1.29 is 5.11 Å². The van der Waals surface area contributed by atoms with Crippen LogP contribution in [0, 0.1) is 6.92 Å². The van der Waals surface area contributed by atoms with Gasteiger partial charge in [0.05, 0.1) is 6.10 Å². The largest absolute Gasteiger partial charge is 0.389 e. The van der Waals surface area contributed by atoms with E-state index in [-0.39, 0.29) is 5.92 Å². The van der Waals surface area contributed by atoms with Gasteiger partial charge in [-0.1, -0.05) is 77.3 Å². The van der Waals surface area contributed by atoms with Crippen LogP contribution in [0.1, 0.15) is 107 Å². The minimum Gasteiger partial charge on any atom is -0.389 e. The summed E-state index contributed by atoms with van der Waals surface area (Å²) in [6.07, 6.45) is 4.09. The van der Waals surface area contributed by atoms with E-state index in [1.54, 1.807) is 0 Å². The number of aliphatic hydroxyl groups is 1. The predicted molar refractivity (Wildman–Crippen MR) is 116 cm³/mol. The molecule has 0 radical (unpaired) electrons. The number of nitrogens with zero attached hydrogens (tertiary/aromatic N) is 1. The topological polar surface area (TPSA) is 33.1 Å². The van der Waals surface area contributed by atoms with Gasteiger partial charge in [-0.2, -0.15) is 0 Å². The molecule has 2 rings (SSSR count). The van der Waals surface area contributed by atoms with Crippen molar-refractivity contribution in [2.24, 2.45) is 0 Å². The van der Waals surface area contributed by atoms with Crippen molar-refractivity contribution in [3.8, 4) is 11.1 Å². The molecule has 2 heteroatoms. The van der Waals surface area contributed by atoms with E-state index in [2.05, 4.69) is 65.8 Å². The van der Waals surface area contributed by atoms with Gasteiger partial charge in [0.15, 0.2) is 0 Å². The second-order valence-electron chi connectivity index (χ2n) is 8.46. The highest BCUT2D eigenvalue weighted by molar-refractivity contribution is 5.74. The quantitative estimate of drug-likeness (QED) is 0.505. The van der Waals surface area contributed by atoms with Crippen molar-refractivity contribution in [2.75, 3.05) is 0 Å². The molecule has 0 spiro atoms. The number of aliphatic hydroxyl groups excluding tert-OH is 1. The summed E-state index contributed by atoms with van der Waals surface area (Å²) in [5.74, 6) is 0.646. The van der Waals surface area contributed by atoms with E-state index >= 15 is 0 Å². The van der Waals surface area contributed by atoms with E-state index in [0.29, 0.717) is 5.92 Å². The zero-order valence-electron chi connectivity index (χ0n) is 18.3. The molecule has 0 bridgehead atoms. The molecule has 0 fully saturated rings. The van der Waals surface area contributed by atoms with Crippen LogP contribution in [0.2, 0.25) is 0 Å². The molecule has 1 heterocycles.